The van der Waals surface area contributed by atoms with Crippen LogP contribution in [0.2, 0.25) is 5.02 Å². The topological polar surface area (TPSA) is 104 Å². The summed E-state index contributed by atoms with van der Waals surface area (Å²) in [6, 6.07) is 36.2. The average Bonchev–Trinajstić information content (AvgIpc) is 3.05. The molecule has 5 rings (SSSR count). The fraction of sp³-hybridized carbons (Fsp3) is 0.139. The molecule has 45 heavy (non-hydrogen) atoms. The second-order valence-corrected chi connectivity index (χ2v) is 12.9. The number of aliphatic hydroxyl groups is 1. The number of nitrogens with zero attached hydrogens (tertiary/aromatic N) is 1. The monoisotopic (exact) mass is 641 g/mol. The molecule has 0 amide bonds. The number of carbonyl (C=O) groups is 1. The molecule has 5 aromatic rings. The zero-order chi connectivity index (χ0) is 31.8. The average molecular weight is 642 g/mol. The molecule has 0 aliphatic carbocycles. The summed E-state index contributed by atoms with van der Waals surface area (Å²) in [6.45, 7) is 1.70. The van der Waals surface area contributed by atoms with Crippen LogP contribution in [0, 0.1) is 0 Å². The van der Waals surface area contributed by atoms with Crippen LogP contribution in [0.15, 0.2) is 137 Å². The SMILES string of the molecule is O=C(O)c1ccccc1Oc1ccc(S(=O)(=O)c2ccc(CCN(Cc3ccccc3)CC(O)c3cccc(Cl)c3)cc2)cc1. The molecule has 1 atom stereocenters. The van der Waals surface area contributed by atoms with Gasteiger partial charge in [-0.3, -0.25) is 4.90 Å². The quantitative estimate of drug-likeness (QED) is 0.138. The van der Waals surface area contributed by atoms with Crippen LogP contribution in [0.5, 0.6) is 11.5 Å². The van der Waals surface area contributed by atoms with E-state index in [9.17, 15) is 23.4 Å². The maximum atomic E-state index is 13.3. The van der Waals surface area contributed by atoms with Gasteiger partial charge in [-0.15, -0.1) is 0 Å². The van der Waals surface area contributed by atoms with Gasteiger partial charge in [-0.2, -0.15) is 0 Å². The van der Waals surface area contributed by atoms with Crippen LogP contribution in [0.4, 0.5) is 0 Å². The zero-order valence-electron chi connectivity index (χ0n) is 24.3. The minimum atomic E-state index is -3.79. The largest absolute Gasteiger partial charge is 0.478 e. The lowest BCUT2D eigenvalue weighted by Crippen LogP contribution is -2.30. The van der Waals surface area contributed by atoms with Gasteiger partial charge in [-0.25, -0.2) is 13.2 Å². The van der Waals surface area contributed by atoms with Crippen LogP contribution < -0.4 is 4.74 Å². The standard InChI is InChI=1S/C36H32ClNO6S/c37-29-10-6-9-28(23-29)34(39)25-38(24-27-7-2-1-3-8-27)22-21-26-13-17-31(18-14-26)45(42,43)32-19-15-30(16-20-32)44-35-12-5-4-11-33(35)36(40)41/h1-20,23,34,39H,21-22,24-25H2,(H,40,41). The van der Waals surface area contributed by atoms with Crippen molar-refractivity contribution in [2.24, 2.45) is 0 Å². The Morgan fingerprint density at radius 3 is 2.09 bits per heavy atom. The van der Waals surface area contributed by atoms with Crippen molar-refractivity contribution in [3.63, 3.8) is 0 Å². The van der Waals surface area contributed by atoms with E-state index in [-0.39, 0.29) is 21.1 Å². The van der Waals surface area contributed by atoms with Crippen molar-refractivity contribution in [3.8, 4) is 11.5 Å². The van der Waals surface area contributed by atoms with Crippen LogP contribution in [0.25, 0.3) is 0 Å². The molecule has 1 unspecified atom stereocenters. The van der Waals surface area contributed by atoms with Crippen LogP contribution in [0.1, 0.15) is 33.2 Å². The van der Waals surface area contributed by atoms with E-state index in [1.165, 1.54) is 36.4 Å². The van der Waals surface area contributed by atoms with Gasteiger partial charge in [0.15, 0.2) is 0 Å². The Kier molecular flexibility index (Phi) is 10.3. The summed E-state index contributed by atoms with van der Waals surface area (Å²) in [7, 11) is -3.79. The van der Waals surface area contributed by atoms with Crippen LogP contribution in [0.3, 0.4) is 0 Å². The van der Waals surface area contributed by atoms with Crippen molar-refractivity contribution < 1.29 is 28.2 Å². The van der Waals surface area contributed by atoms with Crippen molar-refractivity contribution in [3.05, 3.63) is 155 Å². The molecule has 0 saturated heterocycles. The molecule has 0 heterocycles. The number of hydrogen-bond donors (Lipinski definition) is 2. The molecule has 230 valence electrons. The molecule has 0 aliphatic rings. The molecular weight excluding hydrogens is 610 g/mol. The molecule has 5 aromatic carbocycles. The van der Waals surface area contributed by atoms with Crippen molar-refractivity contribution in [1.82, 2.24) is 4.90 Å². The molecule has 0 bridgehead atoms. The van der Waals surface area contributed by atoms with Gasteiger partial charge in [-0.05, 0) is 83.8 Å². The Labute approximate surface area is 267 Å². The van der Waals surface area contributed by atoms with E-state index in [0.717, 1.165) is 16.7 Å². The third kappa shape index (κ3) is 8.38. The van der Waals surface area contributed by atoms with E-state index in [4.69, 9.17) is 16.3 Å². The van der Waals surface area contributed by atoms with Gasteiger partial charge in [0.25, 0.3) is 0 Å². The number of carboxylic acid groups (broad SMARTS) is 1. The lowest BCUT2D eigenvalue weighted by molar-refractivity contribution is 0.0694. The van der Waals surface area contributed by atoms with Crippen molar-refractivity contribution in [2.75, 3.05) is 13.1 Å². The van der Waals surface area contributed by atoms with E-state index < -0.39 is 21.9 Å². The summed E-state index contributed by atoms with van der Waals surface area (Å²) in [6.07, 6.45) is -0.0668. The first-order valence-electron chi connectivity index (χ1n) is 14.3. The molecule has 0 spiro atoms. The van der Waals surface area contributed by atoms with Gasteiger partial charge >= 0.3 is 5.97 Å². The number of aromatic carboxylic acids is 1. The Hall–Kier alpha value is -4.47. The predicted molar refractivity (Wildman–Crippen MR) is 174 cm³/mol. The molecule has 2 N–H and O–H groups in total. The number of carboxylic acids is 1. The van der Waals surface area contributed by atoms with Crippen molar-refractivity contribution in [2.45, 2.75) is 28.9 Å². The van der Waals surface area contributed by atoms with Crippen LogP contribution in [-0.2, 0) is 22.8 Å². The number of benzene rings is 5. The van der Waals surface area contributed by atoms with Gasteiger partial charge in [-0.1, -0.05) is 78.3 Å². The summed E-state index contributed by atoms with van der Waals surface area (Å²) >= 11 is 6.14. The number of aliphatic hydroxyl groups excluding tert-OH is 1. The van der Waals surface area contributed by atoms with E-state index in [2.05, 4.69) is 4.90 Å². The highest BCUT2D eigenvalue weighted by Crippen LogP contribution is 2.28. The third-order valence-electron chi connectivity index (χ3n) is 7.34. The van der Waals surface area contributed by atoms with E-state index in [0.29, 0.717) is 36.8 Å². The van der Waals surface area contributed by atoms with Gasteiger partial charge in [0.2, 0.25) is 9.84 Å². The third-order valence-corrected chi connectivity index (χ3v) is 9.36. The van der Waals surface area contributed by atoms with Crippen molar-refractivity contribution in [1.29, 1.82) is 0 Å². The highest BCUT2D eigenvalue weighted by Gasteiger charge is 2.19. The molecular formula is C36H32ClNO6S. The van der Waals surface area contributed by atoms with E-state index in [1.807, 2.05) is 42.5 Å². The summed E-state index contributed by atoms with van der Waals surface area (Å²) in [5.41, 5.74) is 2.85. The van der Waals surface area contributed by atoms with Crippen LogP contribution in [-0.4, -0.2) is 42.6 Å². The van der Waals surface area contributed by atoms with E-state index >= 15 is 0 Å². The smallest absolute Gasteiger partial charge is 0.339 e. The Balaban J connectivity index is 1.25. The maximum Gasteiger partial charge on any atom is 0.339 e. The Morgan fingerprint density at radius 1 is 0.778 bits per heavy atom. The van der Waals surface area contributed by atoms with Crippen LogP contribution >= 0.6 is 11.6 Å². The second-order valence-electron chi connectivity index (χ2n) is 10.6. The molecule has 9 heteroatoms. The lowest BCUT2D eigenvalue weighted by atomic mass is 10.1. The Bertz CT molecular complexity index is 1850. The fourth-order valence-corrected chi connectivity index (χ4v) is 6.40. The number of hydrogen-bond acceptors (Lipinski definition) is 6. The van der Waals surface area contributed by atoms with Gasteiger partial charge in [0.05, 0.1) is 15.9 Å². The maximum absolute atomic E-state index is 13.3. The molecule has 0 saturated carbocycles. The predicted octanol–water partition coefficient (Wildman–Crippen LogP) is 7.44. The number of sulfone groups is 1. The van der Waals surface area contributed by atoms with Gasteiger partial charge in [0, 0.05) is 24.7 Å². The highest BCUT2D eigenvalue weighted by atomic mass is 35.5. The Morgan fingerprint density at radius 2 is 1.42 bits per heavy atom. The normalized spacial score (nSPS) is 12.2. The second kappa shape index (κ2) is 14.5. The minimum absolute atomic E-state index is 0.00904. The fourth-order valence-electron chi connectivity index (χ4n) is 4.95. The number of halogens is 1. The summed E-state index contributed by atoms with van der Waals surface area (Å²) in [5.74, 6) is -0.636. The first-order chi connectivity index (χ1) is 21.7. The summed E-state index contributed by atoms with van der Waals surface area (Å²) in [5, 5.41) is 20.9. The molecule has 0 aliphatic heterocycles. The molecule has 0 fully saturated rings. The van der Waals surface area contributed by atoms with Crippen molar-refractivity contribution >= 4 is 27.4 Å². The number of rotatable bonds is 13. The summed E-state index contributed by atoms with van der Waals surface area (Å²) < 4.78 is 32.4. The first-order valence-corrected chi connectivity index (χ1v) is 16.2. The molecule has 7 nitrogen and oxygen atoms in total. The first kappa shape index (κ1) is 31.9. The number of ether oxygens (including phenoxy) is 1. The minimum Gasteiger partial charge on any atom is -0.478 e. The van der Waals surface area contributed by atoms with Gasteiger partial charge < -0.3 is 14.9 Å². The summed E-state index contributed by atoms with van der Waals surface area (Å²) in [4.78, 5) is 13.9. The number of para-hydroxylation sites is 1. The van der Waals surface area contributed by atoms with E-state index in [1.54, 1.807) is 48.5 Å². The molecule has 0 aromatic heterocycles. The van der Waals surface area contributed by atoms with Gasteiger partial charge in [0.1, 0.15) is 17.1 Å². The molecule has 0 radical (unpaired) electrons. The lowest BCUT2D eigenvalue weighted by Gasteiger charge is -2.25. The highest BCUT2D eigenvalue weighted by molar-refractivity contribution is 7.91. The zero-order valence-corrected chi connectivity index (χ0v) is 25.9.